The molecule has 0 aliphatic rings. The van der Waals surface area contributed by atoms with Crippen molar-refractivity contribution in [3.63, 3.8) is 0 Å². The van der Waals surface area contributed by atoms with E-state index in [1.165, 1.54) is 6.07 Å². The van der Waals surface area contributed by atoms with Crippen LogP contribution in [0.15, 0.2) is 39.4 Å². The molecule has 94 valence electrons. The van der Waals surface area contributed by atoms with Gasteiger partial charge in [-0.05, 0) is 50.1 Å². The fraction of sp³-hybridized carbons (Fsp3) is 0.0833. The second-order valence-corrected chi connectivity index (χ2v) is 5.34. The van der Waals surface area contributed by atoms with Crippen LogP contribution in [0.25, 0.3) is 0 Å². The summed E-state index contributed by atoms with van der Waals surface area (Å²) in [5, 5.41) is 2.87. The van der Waals surface area contributed by atoms with Crippen LogP contribution in [0.5, 0.6) is 0 Å². The molecule has 0 fully saturated rings. The number of nitrogens with one attached hydrogen (secondary N) is 1. The number of anilines is 1. The molecule has 2 nitrogen and oxygen atoms in total. The van der Waals surface area contributed by atoms with E-state index in [2.05, 4.69) is 42.2 Å². The van der Waals surface area contributed by atoms with Crippen molar-refractivity contribution in [3.05, 3.63) is 56.7 Å². The van der Waals surface area contributed by atoms with Gasteiger partial charge < -0.3 is 5.32 Å². The largest absolute Gasteiger partial charge is 0.377 e. The first-order chi connectivity index (χ1) is 8.56. The van der Waals surface area contributed by atoms with Gasteiger partial charge in [0.25, 0.3) is 0 Å². The van der Waals surface area contributed by atoms with E-state index < -0.39 is 11.6 Å². The molecule has 0 bridgehead atoms. The van der Waals surface area contributed by atoms with E-state index in [4.69, 9.17) is 0 Å². The number of aromatic nitrogens is 1. The molecule has 0 aliphatic carbocycles. The van der Waals surface area contributed by atoms with Crippen molar-refractivity contribution >= 4 is 37.5 Å². The van der Waals surface area contributed by atoms with E-state index in [0.29, 0.717) is 6.54 Å². The highest BCUT2D eigenvalue weighted by atomic mass is 79.9. The number of rotatable bonds is 3. The molecule has 1 N–H and O–H groups in total. The minimum atomic E-state index is -0.632. The molecule has 0 atom stereocenters. The summed E-state index contributed by atoms with van der Waals surface area (Å²) in [5.74, 6) is -1.26. The van der Waals surface area contributed by atoms with Gasteiger partial charge in [0.1, 0.15) is 11.6 Å². The molecule has 0 saturated heterocycles. The Labute approximate surface area is 120 Å². The van der Waals surface area contributed by atoms with Crippen molar-refractivity contribution in [2.45, 2.75) is 6.54 Å². The van der Waals surface area contributed by atoms with Gasteiger partial charge in [-0.2, -0.15) is 0 Å². The van der Waals surface area contributed by atoms with Gasteiger partial charge >= 0.3 is 0 Å². The van der Waals surface area contributed by atoms with Crippen molar-refractivity contribution in [2.24, 2.45) is 0 Å². The Kier molecular flexibility index (Phi) is 4.29. The van der Waals surface area contributed by atoms with E-state index >= 15 is 0 Å². The summed E-state index contributed by atoms with van der Waals surface area (Å²) in [6.07, 6.45) is 1.66. The molecule has 0 aliphatic heterocycles. The smallest absolute Gasteiger partial charge is 0.149 e. The number of halogens is 4. The lowest BCUT2D eigenvalue weighted by molar-refractivity contribution is 0.580. The van der Waals surface area contributed by atoms with Gasteiger partial charge in [-0.3, -0.25) is 4.98 Å². The van der Waals surface area contributed by atoms with Crippen LogP contribution in [0.4, 0.5) is 14.5 Å². The summed E-state index contributed by atoms with van der Waals surface area (Å²) in [6, 6.07) is 5.86. The summed E-state index contributed by atoms with van der Waals surface area (Å²) in [4.78, 5) is 4.15. The zero-order chi connectivity index (χ0) is 13.1. The van der Waals surface area contributed by atoms with Crippen LogP contribution in [-0.2, 0) is 6.54 Å². The Hall–Kier alpha value is -1.01. The first-order valence-corrected chi connectivity index (χ1v) is 6.63. The van der Waals surface area contributed by atoms with Crippen LogP contribution in [0.1, 0.15) is 5.69 Å². The molecule has 1 aromatic heterocycles. The molecule has 2 rings (SSSR count). The van der Waals surface area contributed by atoms with Crippen LogP contribution in [0, 0.1) is 11.6 Å². The molecule has 0 unspecified atom stereocenters. The topological polar surface area (TPSA) is 24.9 Å². The minimum Gasteiger partial charge on any atom is -0.377 e. The average Bonchev–Trinajstić information content (AvgIpc) is 2.34. The minimum absolute atomic E-state index is 0.218. The Morgan fingerprint density at radius 1 is 1.11 bits per heavy atom. The Morgan fingerprint density at radius 2 is 1.89 bits per heavy atom. The number of pyridine rings is 1. The third-order valence-electron chi connectivity index (χ3n) is 2.26. The van der Waals surface area contributed by atoms with Crippen LogP contribution in [-0.4, -0.2) is 4.98 Å². The van der Waals surface area contributed by atoms with Gasteiger partial charge in [-0.15, -0.1) is 0 Å². The standard InChI is InChI=1S/C12H8Br2F2N2/c13-7-1-2-8(17-5-7)6-18-12-3-9(14)10(15)4-11(12)16/h1-5,18H,6H2. The highest BCUT2D eigenvalue weighted by molar-refractivity contribution is 9.10. The molecule has 0 spiro atoms. The quantitative estimate of drug-likeness (QED) is 0.796. The van der Waals surface area contributed by atoms with Gasteiger partial charge in [0.2, 0.25) is 0 Å². The monoisotopic (exact) mass is 376 g/mol. The zero-order valence-electron chi connectivity index (χ0n) is 9.05. The number of hydrogen-bond acceptors (Lipinski definition) is 2. The maximum absolute atomic E-state index is 13.4. The molecule has 6 heteroatoms. The van der Waals surface area contributed by atoms with E-state index in [-0.39, 0.29) is 10.2 Å². The van der Waals surface area contributed by atoms with Crippen molar-refractivity contribution in [1.29, 1.82) is 0 Å². The molecule has 2 aromatic rings. The molecule has 0 saturated carbocycles. The molecular weight excluding hydrogens is 370 g/mol. The van der Waals surface area contributed by atoms with E-state index in [9.17, 15) is 8.78 Å². The normalized spacial score (nSPS) is 10.4. The predicted molar refractivity (Wildman–Crippen MR) is 73.3 cm³/mol. The Bertz CT molecular complexity index is 559. The molecule has 0 amide bonds. The highest BCUT2D eigenvalue weighted by Crippen LogP contribution is 2.24. The van der Waals surface area contributed by atoms with Crippen molar-refractivity contribution in [3.8, 4) is 0 Å². The Balaban J connectivity index is 2.10. The lowest BCUT2D eigenvalue weighted by Gasteiger charge is -2.08. The van der Waals surface area contributed by atoms with E-state index in [1.54, 1.807) is 6.20 Å². The lowest BCUT2D eigenvalue weighted by Crippen LogP contribution is -2.03. The van der Waals surface area contributed by atoms with Gasteiger partial charge in [0.05, 0.1) is 22.4 Å². The summed E-state index contributed by atoms with van der Waals surface area (Å²) >= 11 is 6.29. The van der Waals surface area contributed by atoms with Crippen LogP contribution >= 0.6 is 31.9 Å². The molecule has 18 heavy (non-hydrogen) atoms. The molecule has 1 aromatic carbocycles. The van der Waals surface area contributed by atoms with Crippen LogP contribution < -0.4 is 5.32 Å². The summed E-state index contributed by atoms with van der Waals surface area (Å²) in [5.41, 5.74) is 0.992. The molecule has 1 heterocycles. The molecular formula is C12H8Br2F2N2. The van der Waals surface area contributed by atoms with E-state index in [0.717, 1.165) is 16.2 Å². The SMILES string of the molecule is Fc1cc(F)c(NCc2ccc(Br)cn2)cc1Br. The first kappa shape index (κ1) is 13.4. The van der Waals surface area contributed by atoms with Gasteiger partial charge in [0, 0.05) is 16.7 Å². The number of hydrogen-bond donors (Lipinski definition) is 1. The summed E-state index contributed by atoms with van der Waals surface area (Å²) < 4.78 is 27.6. The van der Waals surface area contributed by atoms with Crippen LogP contribution in [0.3, 0.4) is 0 Å². The van der Waals surface area contributed by atoms with Crippen molar-refractivity contribution in [1.82, 2.24) is 4.98 Å². The van der Waals surface area contributed by atoms with Gasteiger partial charge in [-0.25, -0.2) is 8.78 Å². The van der Waals surface area contributed by atoms with Gasteiger partial charge in [-0.1, -0.05) is 0 Å². The number of benzene rings is 1. The van der Waals surface area contributed by atoms with Crippen LogP contribution in [0.2, 0.25) is 0 Å². The maximum Gasteiger partial charge on any atom is 0.149 e. The summed E-state index contributed by atoms with van der Waals surface area (Å²) in [7, 11) is 0. The second kappa shape index (κ2) is 5.75. The Morgan fingerprint density at radius 3 is 2.56 bits per heavy atom. The maximum atomic E-state index is 13.4. The van der Waals surface area contributed by atoms with Crippen molar-refractivity contribution < 1.29 is 8.78 Å². The zero-order valence-corrected chi connectivity index (χ0v) is 12.2. The van der Waals surface area contributed by atoms with Gasteiger partial charge in [0.15, 0.2) is 0 Å². The summed E-state index contributed by atoms with van der Waals surface area (Å²) in [6.45, 7) is 0.363. The third-order valence-corrected chi connectivity index (χ3v) is 3.34. The highest BCUT2D eigenvalue weighted by Gasteiger charge is 2.08. The second-order valence-electron chi connectivity index (χ2n) is 3.57. The van der Waals surface area contributed by atoms with E-state index in [1.807, 2.05) is 12.1 Å². The first-order valence-electron chi connectivity index (χ1n) is 5.05. The lowest BCUT2D eigenvalue weighted by atomic mass is 10.3. The fourth-order valence-electron chi connectivity index (χ4n) is 1.35. The number of nitrogens with zero attached hydrogens (tertiary/aromatic N) is 1. The average molecular weight is 378 g/mol. The predicted octanol–water partition coefficient (Wildman–Crippen LogP) is 4.50. The molecule has 0 radical (unpaired) electrons. The fourth-order valence-corrected chi connectivity index (χ4v) is 1.93. The third kappa shape index (κ3) is 3.26. The van der Waals surface area contributed by atoms with Crippen molar-refractivity contribution in [2.75, 3.05) is 5.32 Å².